The van der Waals surface area contributed by atoms with Gasteiger partial charge in [0.2, 0.25) is 0 Å². The standard InChI is InChI=1S/C22H35NO3SSi/c1-18-11-13-20(14-12-18)27(24,25)23-16-15-19(2)21(23)10-8-9-17-26-28(6,7)22(3,4)5/h10-14H,2,8-9,15-17H2,1,3-7H3/b21-10+. The number of rotatable bonds is 7. The zero-order valence-electron chi connectivity index (χ0n) is 18.2. The molecule has 1 saturated heterocycles. The van der Waals surface area contributed by atoms with Gasteiger partial charge in [-0.15, -0.1) is 0 Å². The Hall–Kier alpha value is -1.37. The van der Waals surface area contributed by atoms with Crippen LogP contribution in [-0.2, 0) is 14.4 Å². The molecule has 28 heavy (non-hydrogen) atoms. The van der Waals surface area contributed by atoms with E-state index in [4.69, 9.17) is 4.43 Å². The lowest BCUT2D eigenvalue weighted by Gasteiger charge is -2.36. The molecular weight excluding hydrogens is 386 g/mol. The quantitative estimate of drug-likeness (QED) is 0.423. The molecule has 2 rings (SSSR count). The van der Waals surface area contributed by atoms with E-state index in [1.54, 1.807) is 12.1 Å². The third-order valence-corrected chi connectivity index (χ3v) is 12.2. The summed E-state index contributed by atoms with van der Waals surface area (Å²) in [5, 5.41) is 0.199. The van der Waals surface area contributed by atoms with Crippen LogP contribution in [0.5, 0.6) is 0 Å². The largest absolute Gasteiger partial charge is 0.417 e. The van der Waals surface area contributed by atoms with Gasteiger partial charge in [0.05, 0.1) is 10.6 Å². The van der Waals surface area contributed by atoms with Crippen molar-refractivity contribution in [3.8, 4) is 0 Å². The Balaban J connectivity index is 2.05. The van der Waals surface area contributed by atoms with E-state index in [2.05, 4.69) is 40.4 Å². The molecule has 0 unspecified atom stereocenters. The Kier molecular flexibility index (Phi) is 7.00. The van der Waals surface area contributed by atoms with Crippen LogP contribution in [0.15, 0.2) is 53.1 Å². The SMILES string of the molecule is C=C1CCN(S(=O)(=O)c2ccc(C)cc2)/C1=C/CCCO[Si](C)(C)C(C)(C)C. The van der Waals surface area contributed by atoms with Gasteiger partial charge in [-0.25, -0.2) is 8.42 Å². The number of hydrogen-bond donors (Lipinski definition) is 0. The maximum atomic E-state index is 13.1. The molecular formula is C22H35NO3SSi. The van der Waals surface area contributed by atoms with E-state index in [9.17, 15) is 8.42 Å². The molecule has 4 nitrogen and oxygen atoms in total. The minimum atomic E-state index is -3.54. The molecule has 1 fully saturated rings. The highest BCUT2D eigenvalue weighted by molar-refractivity contribution is 7.89. The van der Waals surface area contributed by atoms with Gasteiger partial charge in [-0.2, -0.15) is 0 Å². The molecule has 1 aromatic rings. The van der Waals surface area contributed by atoms with E-state index in [0.29, 0.717) is 24.5 Å². The van der Waals surface area contributed by atoms with Crippen molar-refractivity contribution >= 4 is 18.3 Å². The number of aryl methyl sites for hydroxylation is 1. The molecule has 6 heteroatoms. The Morgan fingerprint density at radius 1 is 1.21 bits per heavy atom. The van der Waals surface area contributed by atoms with Crippen molar-refractivity contribution in [2.24, 2.45) is 0 Å². The summed E-state index contributed by atoms with van der Waals surface area (Å²) in [5.74, 6) is 0. The first-order valence-corrected chi connectivity index (χ1v) is 14.3. The van der Waals surface area contributed by atoms with Crippen LogP contribution in [0.2, 0.25) is 18.1 Å². The number of sulfonamides is 1. The number of unbranched alkanes of at least 4 members (excludes halogenated alkanes) is 1. The lowest BCUT2D eigenvalue weighted by Crippen LogP contribution is -2.40. The van der Waals surface area contributed by atoms with E-state index in [1.165, 1.54) is 4.31 Å². The van der Waals surface area contributed by atoms with Crippen molar-refractivity contribution in [2.45, 2.75) is 70.0 Å². The van der Waals surface area contributed by atoms with Gasteiger partial charge < -0.3 is 4.43 Å². The minimum Gasteiger partial charge on any atom is -0.417 e. The molecule has 0 aromatic heterocycles. The van der Waals surface area contributed by atoms with E-state index < -0.39 is 18.3 Å². The highest BCUT2D eigenvalue weighted by atomic mass is 32.2. The van der Waals surface area contributed by atoms with Crippen LogP contribution < -0.4 is 0 Å². The summed E-state index contributed by atoms with van der Waals surface area (Å²) in [7, 11) is -5.28. The van der Waals surface area contributed by atoms with Crippen molar-refractivity contribution in [1.29, 1.82) is 0 Å². The van der Waals surface area contributed by atoms with Crippen molar-refractivity contribution in [3.05, 3.63) is 53.8 Å². The Bertz CT molecular complexity index is 834. The van der Waals surface area contributed by atoms with Crippen LogP contribution in [0.4, 0.5) is 0 Å². The summed E-state index contributed by atoms with van der Waals surface area (Å²) in [6.45, 7) is 18.4. The average molecular weight is 422 g/mol. The van der Waals surface area contributed by atoms with Crippen molar-refractivity contribution in [2.75, 3.05) is 13.2 Å². The van der Waals surface area contributed by atoms with Crippen molar-refractivity contribution in [1.82, 2.24) is 4.31 Å². The second-order valence-electron chi connectivity index (χ2n) is 9.08. The maximum absolute atomic E-state index is 13.1. The second kappa shape index (κ2) is 8.55. The Labute approximate surface area is 172 Å². The normalized spacial score (nSPS) is 17.6. The fourth-order valence-corrected chi connectivity index (χ4v) is 5.48. The molecule has 0 atom stereocenters. The topological polar surface area (TPSA) is 46.6 Å². The predicted molar refractivity (Wildman–Crippen MR) is 119 cm³/mol. The molecule has 1 aliphatic heterocycles. The zero-order valence-corrected chi connectivity index (χ0v) is 20.0. The summed E-state index contributed by atoms with van der Waals surface area (Å²) < 4.78 is 33.8. The summed E-state index contributed by atoms with van der Waals surface area (Å²) in [6, 6.07) is 7.02. The molecule has 156 valence electrons. The minimum absolute atomic E-state index is 0.199. The highest BCUT2D eigenvalue weighted by Gasteiger charge is 2.37. The van der Waals surface area contributed by atoms with Crippen LogP contribution in [0.1, 0.15) is 45.6 Å². The lowest BCUT2D eigenvalue weighted by molar-refractivity contribution is 0.283. The average Bonchev–Trinajstić information content (AvgIpc) is 2.95. The van der Waals surface area contributed by atoms with Gasteiger partial charge in [0.15, 0.2) is 8.32 Å². The fourth-order valence-electron chi connectivity index (χ4n) is 2.86. The first kappa shape index (κ1) is 22.9. The highest BCUT2D eigenvalue weighted by Crippen LogP contribution is 2.37. The molecule has 0 aliphatic carbocycles. The maximum Gasteiger partial charge on any atom is 0.264 e. The van der Waals surface area contributed by atoms with Crippen LogP contribution >= 0.6 is 0 Å². The van der Waals surface area contributed by atoms with Gasteiger partial charge in [0, 0.05) is 13.2 Å². The second-order valence-corrected chi connectivity index (χ2v) is 15.8. The molecule has 0 bridgehead atoms. The summed E-state index contributed by atoms with van der Waals surface area (Å²) in [4.78, 5) is 0.333. The smallest absolute Gasteiger partial charge is 0.264 e. The third-order valence-electron chi connectivity index (χ3n) is 5.81. The molecule has 0 radical (unpaired) electrons. The number of benzene rings is 1. The monoisotopic (exact) mass is 421 g/mol. The fraction of sp³-hybridized carbons (Fsp3) is 0.545. The van der Waals surface area contributed by atoms with Gasteiger partial charge >= 0.3 is 0 Å². The zero-order chi connectivity index (χ0) is 21.2. The molecule has 1 aliphatic rings. The van der Waals surface area contributed by atoms with Gasteiger partial charge in [-0.05, 0) is 62.0 Å². The van der Waals surface area contributed by atoms with Gasteiger partial charge in [-0.3, -0.25) is 4.31 Å². The number of nitrogens with zero attached hydrogens (tertiary/aromatic N) is 1. The van der Waals surface area contributed by atoms with Crippen LogP contribution in [-0.4, -0.2) is 34.2 Å². The van der Waals surface area contributed by atoms with E-state index >= 15 is 0 Å². The van der Waals surface area contributed by atoms with Gasteiger partial charge in [-0.1, -0.05) is 51.1 Å². The molecule has 0 saturated carbocycles. The molecule has 0 N–H and O–H groups in total. The molecule has 0 spiro atoms. The summed E-state index contributed by atoms with van der Waals surface area (Å²) >= 11 is 0. The van der Waals surface area contributed by atoms with E-state index in [0.717, 1.165) is 29.7 Å². The van der Waals surface area contributed by atoms with E-state index in [1.807, 2.05) is 25.1 Å². The Morgan fingerprint density at radius 2 is 1.82 bits per heavy atom. The van der Waals surface area contributed by atoms with Crippen LogP contribution in [0, 0.1) is 6.92 Å². The third kappa shape index (κ3) is 5.16. The Morgan fingerprint density at radius 3 is 2.39 bits per heavy atom. The summed E-state index contributed by atoms with van der Waals surface area (Å²) in [6.07, 6.45) is 4.35. The van der Waals surface area contributed by atoms with E-state index in [-0.39, 0.29) is 5.04 Å². The predicted octanol–water partition coefficient (Wildman–Crippen LogP) is 5.63. The molecule has 1 heterocycles. The summed E-state index contributed by atoms with van der Waals surface area (Å²) in [5.41, 5.74) is 2.68. The van der Waals surface area contributed by atoms with Crippen LogP contribution in [0.25, 0.3) is 0 Å². The first-order valence-electron chi connectivity index (χ1n) is 9.98. The van der Waals surface area contributed by atoms with Crippen LogP contribution in [0.3, 0.4) is 0 Å². The van der Waals surface area contributed by atoms with Gasteiger partial charge in [0.1, 0.15) is 0 Å². The lowest BCUT2D eigenvalue weighted by atomic mass is 10.2. The van der Waals surface area contributed by atoms with Gasteiger partial charge in [0.25, 0.3) is 10.0 Å². The first-order chi connectivity index (χ1) is 12.9. The van der Waals surface area contributed by atoms with Crippen molar-refractivity contribution < 1.29 is 12.8 Å². The molecule has 0 amide bonds. The number of hydrogen-bond acceptors (Lipinski definition) is 3. The molecule has 1 aromatic carbocycles. The number of allylic oxidation sites excluding steroid dienone is 2. The van der Waals surface area contributed by atoms with Crippen molar-refractivity contribution in [3.63, 3.8) is 0 Å².